The first-order valence-corrected chi connectivity index (χ1v) is 7.06. The van der Waals surface area contributed by atoms with Gasteiger partial charge in [0, 0.05) is 31.5 Å². The van der Waals surface area contributed by atoms with Crippen LogP contribution in [0, 0.1) is 0 Å². The first kappa shape index (κ1) is 17.3. The van der Waals surface area contributed by atoms with Gasteiger partial charge in [-0.3, -0.25) is 14.5 Å². The standard InChI is InChI=1S/C16H24N2O3/c1-12(18(3)9-6-10-21-4)16(20)17-15-8-5-7-14(11-15)13(2)19/h5,7-8,11-12H,6,9-10H2,1-4H3,(H,17,20). The van der Waals surface area contributed by atoms with Crippen LogP contribution in [0.3, 0.4) is 0 Å². The van der Waals surface area contributed by atoms with E-state index in [1.54, 1.807) is 31.4 Å². The molecule has 1 unspecified atom stereocenters. The van der Waals surface area contributed by atoms with Crippen molar-refractivity contribution >= 4 is 17.4 Å². The lowest BCUT2D eigenvalue weighted by Gasteiger charge is -2.23. The van der Waals surface area contributed by atoms with Gasteiger partial charge in [-0.2, -0.15) is 0 Å². The fourth-order valence-electron chi connectivity index (χ4n) is 1.91. The van der Waals surface area contributed by atoms with Crippen LogP contribution in [0.25, 0.3) is 0 Å². The van der Waals surface area contributed by atoms with Crippen LogP contribution in [-0.4, -0.2) is 49.9 Å². The summed E-state index contributed by atoms with van der Waals surface area (Å²) >= 11 is 0. The molecule has 5 heteroatoms. The maximum absolute atomic E-state index is 12.2. The van der Waals surface area contributed by atoms with Crippen molar-refractivity contribution < 1.29 is 14.3 Å². The summed E-state index contributed by atoms with van der Waals surface area (Å²) in [7, 11) is 3.57. The predicted octanol–water partition coefficient (Wildman–Crippen LogP) is 2.18. The number of Topliss-reactive ketones (excluding diaryl/α,β-unsaturated/α-hetero) is 1. The van der Waals surface area contributed by atoms with E-state index in [0.29, 0.717) is 17.9 Å². The highest BCUT2D eigenvalue weighted by Gasteiger charge is 2.17. The molecular formula is C16H24N2O3. The number of rotatable bonds is 8. The average Bonchev–Trinajstić information content (AvgIpc) is 2.46. The van der Waals surface area contributed by atoms with Crippen molar-refractivity contribution in [3.8, 4) is 0 Å². The molecule has 0 spiro atoms. The van der Waals surface area contributed by atoms with Gasteiger partial charge in [-0.1, -0.05) is 12.1 Å². The molecule has 1 rings (SSSR count). The number of nitrogens with one attached hydrogen (secondary N) is 1. The van der Waals surface area contributed by atoms with Gasteiger partial charge in [-0.05, 0) is 39.4 Å². The molecule has 0 saturated carbocycles. The lowest BCUT2D eigenvalue weighted by Crippen LogP contribution is -2.40. The van der Waals surface area contributed by atoms with Gasteiger partial charge in [0.25, 0.3) is 0 Å². The van der Waals surface area contributed by atoms with Crippen LogP contribution in [0.2, 0.25) is 0 Å². The van der Waals surface area contributed by atoms with Crippen molar-refractivity contribution in [2.75, 3.05) is 32.6 Å². The van der Waals surface area contributed by atoms with E-state index in [4.69, 9.17) is 4.74 Å². The molecule has 21 heavy (non-hydrogen) atoms. The Bertz CT molecular complexity index is 488. The number of carbonyl (C=O) groups is 2. The minimum absolute atomic E-state index is 0.0177. The van der Waals surface area contributed by atoms with Crippen molar-refractivity contribution in [3.63, 3.8) is 0 Å². The Morgan fingerprint density at radius 2 is 2.10 bits per heavy atom. The van der Waals surface area contributed by atoms with Gasteiger partial charge in [0.05, 0.1) is 6.04 Å². The van der Waals surface area contributed by atoms with Gasteiger partial charge in [0.1, 0.15) is 0 Å². The summed E-state index contributed by atoms with van der Waals surface area (Å²) in [4.78, 5) is 25.5. The number of ether oxygens (including phenoxy) is 1. The van der Waals surface area contributed by atoms with Gasteiger partial charge in [0.15, 0.2) is 5.78 Å². The molecule has 0 aliphatic heterocycles. The molecule has 0 saturated heterocycles. The molecule has 1 atom stereocenters. The number of amides is 1. The lowest BCUT2D eigenvalue weighted by molar-refractivity contribution is -0.120. The predicted molar refractivity (Wildman–Crippen MR) is 83.7 cm³/mol. The molecule has 0 radical (unpaired) electrons. The smallest absolute Gasteiger partial charge is 0.241 e. The third kappa shape index (κ3) is 5.65. The molecule has 1 aromatic carbocycles. The summed E-state index contributed by atoms with van der Waals surface area (Å²) in [5.41, 5.74) is 1.23. The third-order valence-corrected chi connectivity index (χ3v) is 3.44. The number of carbonyl (C=O) groups excluding carboxylic acids is 2. The van der Waals surface area contributed by atoms with Crippen molar-refractivity contribution in [1.29, 1.82) is 0 Å². The number of methoxy groups -OCH3 is 1. The summed E-state index contributed by atoms with van der Waals surface area (Å²) in [6.07, 6.45) is 0.879. The van der Waals surface area contributed by atoms with Gasteiger partial charge in [0.2, 0.25) is 5.91 Å². The third-order valence-electron chi connectivity index (χ3n) is 3.44. The van der Waals surface area contributed by atoms with Crippen LogP contribution in [0.1, 0.15) is 30.6 Å². The summed E-state index contributed by atoms with van der Waals surface area (Å²) in [6.45, 7) is 4.83. The Hall–Kier alpha value is -1.72. The van der Waals surface area contributed by atoms with E-state index < -0.39 is 0 Å². The number of likely N-dealkylation sites (N-methyl/N-ethyl adjacent to an activating group) is 1. The minimum atomic E-state index is -0.247. The second-order valence-electron chi connectivity index (χ2n) is 5.13. The van der Waals surface area contributed by atoms with E-state index in [0.717, 1.165) is 13.0 Å². The first-order chi connectivity index (χ1) is 9.95. The van der Waals surface area contributed by atoms with Crippen molar-refractivity contribution in [3.05, 3.63) is 29.8 Å². The molecule has 0 aliphatic carbocycles. The zero-order chi connectivity index (χ0) is 15.8. The van der Waals surface area contributed by atoms with Crippen LogP contribution in [0.15, 0.2) is 24.3 Å². The number of hydrogen-bond donors (Lipinski definition) is 1. The average molecular weight is 292 g/mol. The zero-order valence-corrected chi connectivity index (χ0v) is 13.2. The Kier molecular flexibility index (Phi) is 7.05. The van der Waals surface area contributed by atoms with E-state index in [1.165, 1.54) is 6.92 Å². The molecule has 0 fully saturated rings. The van der Waals surface area contributed by atoms with Crippen molar-refractivity contribution in [2.45, 2.75) is 26.3 Å². The molecule has 1 N–H and O–H groups in total. The van der Waals surface area contributed by atoms with Crippen molar-refractivity contribution in [2.24, 2.45) is 0 Å². The van der Waals surface area contributed by atoms with E-state index in [9.17, 15) is 9.59 Å². The van der Waals surface area contributed by atoms with E-state index in [2.05, 4.69) is 5.32 Å². The summed E-state index contributed by atoms with van der Waals surface area (Å²) in [5, 5.41) is 2.84. The van der Waals surface area contributed by atoms with Gasteiger partial charge in [-0.25, -0.2) is 0 Å². The largest absolute Gasteiger partial charge is 0.385 e. The second kappa shape index (κ2) is 8.54. The molecule has 1 amide bonds. The quantitative estimate of drug-likeness (QED) is 0.589. The van der Waals surface area contributed by atoms with Crippen LogP contribution in [0.4, 0.5) is 5.69 Å². The summed E-state index contributed by atoms with van der Waals surface area (Å²) in [6, 6.07) is 6.72. The second-order valence-corrected chi connectivity index (χ2v) is 5.13. The number of benzene rings is 1. The zero-order valence-electron chi connectivity index (χ0n) is 13.2. The Morgan fingerprint density at radius 1 is 1.38 bits per heavy atom. The van der Waals surface area contributed by atoms with Gasteiger partial charge < -0.3 is 10.1 Å². The number of nitrogens with zero attached hydrogens (tertiary/aromatic N) is 1. The Labute approximate surface area is 126 Å². The molecular weight excluding hydrogens is 268 g/mol. The van der Waals surface area contributed by atoms with E-state index >= 15 is 0 Å². The number of hydrogen-bond acceptors (Lipinski definition) is 4. The highest BCUT2D eigenvalue weighted by molar-refractivity contribution is 5.98. The van der Waals surface area contributed by atoms with E-state index in [-0.39, 0.29) is 17.7 Å². The molecule has 5 nitrogen and oxygen atoms in total. The number of anilines is 1. The van der Waals surface area contributed by atoms with Crippen LogP contribution >= 0.6 is 0 Å². The minimum Gasteiger partial charge on any atom is -0.385 e. The lowest BCUT2D eigenvalue weighted by atomic mass is 10.1. The molecule has 0 heterocycles. The van der Waals surface area contributed by atoms with Crippen molar-refractivity contribution in [1.82, 2.24) is 4.90 Å². The highest BCUT2D eigenvalue weighted by atomic mass is 16.5. The Morgan fingerprint density at radius 3 is 2.71 bits per heavy atom. The van der Waals surface area contributed by atoms with Crippen LogP contribution in [-0.2, 0) is 9.53 Å². The number of ketones is 1. The molecule has 0 aromatic heterocycles. The fraction of sp³-hybridized carbons (Fsp3) is 0.500. The Balaban J connectivity index is 2.59. The van der Waals surface area contributed by atoms with Gasteiger partial charge >= 0.3 is 0 Å². The highest BCUT2D eigenvalue weighted by Crippen LogP contribution is 2.12. The molecule has 0 aliphatic rings. The maximum atomic E-state index is 12.2. The summed E-state index contributed by atoms with van der Waals surface area (Å²) < 4.78 is 5.00. The van der Waals surface area contributed by atoms with Crippen LogP contribution < -0.4 is 5.32 Å². The molecule has 0 bridgehead atoms. The SMILES string of the molecule is COCCCN(C)C(C)C(=O)Nc1cccc(C(C)=O)c1. The molecule has 1 aromatic rings. The monoisotopic (exact) mass is 292 g/mol. The topological polar surface area (TPSA) is 58.6 Å². The summed E-state index contributed by atoms with van der Waals surface area (Å²) in [5.74, 6) is -0.105. The van der Waals surface area contributed by atoms with E-state index in [1.807, 2.05) is 18.9 Å². The van der Waals surface area contributed by atoms with Crippen LogP contribution in [0.5, 0.6) is 0 Å². The maximum Gasteiger partial charge on any atom is 0.241 e. The first-order valence-electron chi connectivity index (χ1n) is 7.06. The normalized spacial score (nSPS) is 12.2. The molecule has 116 valence electrons. The fourth-order valence-corrected chi connectivity index (χ4v) is 1.91. The van der Waals surface area contributed by atoms with Gasteiger partial charge in [-0.15, -0.1) is 0 Å².